The van der Waals surface area contributed by atoms with Gasteiger partial charge >= 0.3 is 0 Å². The fourth-order valence-corrected chi connectivity index (χ4v) is 4.49. The average Bonchev–Trinajstić information content (AvgIpc) is 3.01. The Morgan fingerprint density at radius 1 is 1.37 bits per heavy atom. The third kappa shape index (κ3) is 2.09. The number of thiazole rings is 1. The van der Waals surface area contributed by atoms with Crippen molar-refractivity contribution in [2.24, 2.45) is 0 Å². The van der Waals surface area contributed by atoms with Crippen molar-refractivity contribution in [2.75, 3.05) is 17.1 Å². The Labute approximate surface area is 117 Å². The minimum absolute atomic E-state index is 0.123. The van der Waals surface area contributed by atoms with Crippen molar-refractivity contribution < 1.29 is 8.42 Å². The third-order valence-electron chi connectivity index (χ3n) is 2.48. The Morgan fingerprint density at radius 2 is 2.21 bits per heavy atom. The van der Waals surface area contributed by atoms with Crippen LogP contribution < -0.4 is 10.0 Å². The summed E-state index contributed by atoms with van der Waals surface area (Å²) in [7, 11) is -2.03. The molecule has 0 spiro atoms. The molecule has 3 aromatic rings. The topological polar surface area (TPSA) is 75.5 Å². The second-order valence-electron chi connectivity index (χ2n) is 3.69. The summed E-state index contributed by atoms with van der Waals surface area (Å²) in [5, 5.41) is 8.29. The van der Waals surface area contributed by atoms with Crippen molar-refractivity contribution in [2.45, 2.75) is 5.03 Å². The lowest BCUT2D eigenvalue weighted by Crippen LogP contribution is -2.16. The number of sulfonamides is 1. The maximum Gasteiger partial charge on any atom is 0.281 e. The van der Waals surface area contributed by atoms with Crippen LogP contribution in [0.2, 0.25) is 0 Å². The van der Waals surface area contributed by atoms with Gasteiger partial charge in [-0.25, -0.2) is 4.98 Å². The zero-order valence-electron chi connectivity index (χ0n) is 9.82. The van der Waals surface area contributed by atoms with Crippen LogP contribution >= 0.6 is 22.7 Å². The van der Waals surface area contributed by atoms with Crippen LogP contribution in [0.1, 0.15) is 0 Å². The van der Waals surface area contributed by atoms with Gasteiger partial charge in [0.2, 0.25) is 5.03 Å². The highest BCUT2D eigenvalue weighted by molar-refractivity contribution is 7.92. The number of nitrogens with one attached hydrogen (secondary N) is 2. The van der Waals surface area contributed by atoms with E-state index in [1.54, 1.807) is 34.5 Å². The van der Waals surface area contributed by atoms with Crippen LogP contribution in [0.3, 0.4) is 0 Å². The summed E-state index contributed by atoms with van der Waals surface area (Å²) in [5.41, 5.74) is 0.553. The van der Waals surface area contributed by atoms with Crippen LogP contribution in [0, 0.1) is 0 Å². The van der Waals surface area contributed by atoms with Crippen LogP contribution in [0.25, 0.3) is 4.96 Å². The Kier molecular flexibility index (Phi) is 2.96. The number of imidazole rings is 1. The number of fused-ring (bicyclic) bond motifs is 1. The van der Waals surface area contributed by atoms with Gasteiger partial charge in [0, 0.05) is 24.0 Å². The van der Waals surface area contributed by atoms with Crippen molar-refractivity contribution in [1.82, 2.24) is 9.38 Å². The molecule has 0 amide bonds. The molecule has 0 bridgehead atoms. The largest absolute Gasteiger partial charge is 0.371 e. The molecule has 0 radical (unpaired) electrons. The van der Waals surface area contributed by atoms with E-state index >= 15 is 0 Å². The molecule has 3 rings (SSSR count). The molecular formula is C10H10N4O2S3. The molecule has 0 unspecified atom stereocenters. The first kappa shape index (κ1) is 12.5. The average molecular weight is 314 g/mol. The quantitative estimate of drug-likeness (QED) is 0.775. The molecule has 19 heavy (non-hydrogen) atoms. The summed E-state index contributed by atoms with van der Waals surface area (Å²) >= 11 is 2.81. The van der Waals surface area contributed by atoms with Gasteiger partial charge in [0.1, 0.15) is 0 Å². The number of aromatic nitrogens is 2. The van der Waals surface area contributed by atoms with E-state index in [1.807, 2.05) is 5.38 Å². The predicted octanol–water partition coefficient (Wildman–Crippen LogP) is 2.30. The highest BCUT2D eigenvalue weighted by Gasteiger charge is 2.25. The van der Waals surface area contributed by atoms with Gasteiger partial charge in [-0.05, 0) is 11.4 Å². The maximum atomic E-state index is 12.4. The molecule has 9 heteroatoms. The Morgan fingerprint density at radius 3 is 2.89 bits per heavy atom. The first-order valence-electron chi connectivity index (χ1n) is 5.30. The molecule has 0 saturated carbocycles. The predicted molar refractivity (Wildman–Crippen MR) is 77.7 cm³/mol. The van der Waals surface area contributed by atoms with Crippen LogP contribution in [-0.4, -0.2) is 24.9 Å². The molecule has 0 atom stereocenters. The number of hydrogen-bond donors (Lipinski definition) is 2. The Balaban J connectivity index is 2.14. The lowest BCUT2D eigenvalue weighted by molar-refractivity contribution is 0.597. The fourth-order valence-electron chi connectivity index (χ4n) is 1.71. The van der Waals surface area contributed by atoms with E-state index in [2.05, 4.69) is 15.0 Å². The first-order valence-corrected chi connectivity index (χ1v) is 8.61. The van der Waals surface area contributed by atoms with Crippen LogP contribution in [-0.2, 0) is 10.0 Å². The molecule has 0 aliphatic carbocycles. The number of nitrogens with zero attached hydrogens (tertiary/aromatic N) is 2. The lowest BCUT2D eigenvalue weighted by atomic mass is 10.6. The zero-order valence-corrected chi connectivity index (χ0v) is 12.3. The van der Waals surface area contributed by atoms with Gasteiger partial charge in [0.15, 0.2) is 10.8 Å². The van der Waals surface area contributed by atoms with E-state index in [1.165, 1.54) is 22.7 Å². The molecule has 0 aliphatic rings. The van der Waals surface area contributed by atoms with E-state index in [9.17, 15) is 8.42 Å². The third-order valence-corrected chi connectivity index (χ3v) is 5.33. The van der Waals surface area contributed by atoms with Crippen molar-refractivity contribution in [3.8, 4) is 0 Å². The summed E-state index contributed by atoms with van der Waals surface area (Å²) in [6.45, 7) is 0. The molecule has 3 heterocycles. The van der Waals surface area contributed by atoms with Gasteiger partial charge in [-0.1, -0.05) is 0 Å². The molecule has 6 nitrogen and oxygen atoms in total. The molecule has 2 N–H and O–H groups in total. The first-order chi connectivity index (χ1) is 9.12. The van der Waals surface area contributed by atoms with Gasteiger partial charge in [0.25, 0.3) is 10.0 Å². The second-order valence-corrected chi connectivity index (χ2v) is 6.94. The van der Waals surface area contributed by atoms with Crippen molar-refractivity contribution in [3.63, 3.8) is 0 Å². The lowest BCUT2D eigenvalue weighted by Gasteiger charge is -2.07. The van der Waals surface area contributed by atoms with Crippen LogP contribution in [0.5, 0.6) is 0 Å². The Bertz CT molecular complexity index is 801. The fraction of sp³-hybridized carbons (Fsp3) is 0.100. The number of anilines is 2. The van der Waals surface area contributed by atoms with Crippen molar-refractivity contribution in [3.05, 3.63) is 28.4 Å². The normalized spacial score (nSPS) is 11.8. The van der Waals surface area contributed by atoms with Gasteiger partial charge in [-0.3, -0.25) is 9.12 Å². The Hall–Kier alpha value is -1.58. The summed E-state index contributed by atoms with van der Waals surface area (Å²) in [4.78, 5) is 4.87. The number of rotatable bonds is 4. The highest BCUT2D eigenvalue weighted by atomic mass is 32.2. The van der Waals surface area contributed by atoms with Gasteiger partial charge < -0.3 is 5.32 Å². The molecule has 3 aromatic heterocycles. The SMILES string of the molecule is CNc1nc2sccn2c1S(=O)(=O)Nc1ccsc1. The van der Waals surface area contributed by atoms with E-state index in [4.69, 9.17) is 0 Å². The molecule has 0 saturated heterocycles. The number of thiophene rings is 1. The summed E-state index contributed by atoms with van der Waals surface area (Å²) in [6, 6.07) is 1.72. The molecule has 0 aliphatic heterocycles. The minimum Gasteiger partial charge on any atom is -0.371 e. The van der Waals surface area contributed by atoms with Crippen molar-refractivity contribution in [1.29, 1.82) is 0 Å². The molecule has 0 aromatic carbocycles. The summed E-state index contributed by atoms with van der Waals surface area (Å²) < 4.78 is 29.0. The summed E-state index contributed by atoms with van der Waals surface area (Å²) in [5.74, 6) is 0.342. The van der Waals surface area contributed by atoms with E-state index in [0.717, 1.165) is 0 Å². The van der Waals surface area contributed by atoms with Crippen LogP contribution in [0.4, 0.5) is 11.5 Å². The van der Waals surface area contributed by atoms with Gasteiger partial charge in [-0.2, -0.15) is 19.8 Å². The molecule has 0 fully saturated rings. The zero-order chi connectivity index (χ0) is 13.5. The maximum absolute atomic E-state index is 12.4. The van der Waals surface area contributed by atoms with Crippen molar-refractivity contribution >= 4 is 49.2 Å². The van der Waals surface area contributed by atoms with E-state index < -0.39 is 10.0 Å². The second kappa shape index (κ2) is 4.51. The van der Waals surface area contributed by atoms with E-state index in [0.29, 0.717) is 16.5 Å². The number of hydrogen-bond acceptors (Lipinski definition) is 6. The van der Waals surface area contributed by atoms with E-state index in [-0.39, 0.29) is 5.03 Å². The van der Waals surface area contributed by atoms with Gasteiger partial charge in [-0.15, -0.1) is 11.3 Å². The van der Waals surface area contributed by atoms with Gasteiger partial charge in [0.05, 0.1) is 5.69 Å². The minimum atomic E-state index is -3.68. The molecular weight excluding hydrogens is 304 g/mol. The standard InChI is InChI=1S/C10H10N4O2S3/c1-11-8-9(14-3-5-18-10(14)12-8)19(15,16)13-7-2-4-17-6-7/h2-6,11,13H,1H3. The highest BCUT2D eigenvalue weighted by Crippen LogP contribution is 2.27. The van der Waals surface area contributed by atoms with Crippen LogP contribution in [0.15, 0.2) is 33.4 Å². The smallest absolute Gasteiger partial charge is 0.281 e. The summed E-state index contributed by atoms with van der Waals surface area (Å²) in [6.07, 6.45) is 1.69. The monoisotopic (exact) mass is 314 g/mol. The molecule has 100 valence electrons.